The van der Waals surface area contributed by atoms with E-state index in [0.29, 0.717) is 23.4 Å². The Hall–Kier alpha value is -3.06. The van der Waals surface area contributed by atoms with Crippen molar-refractivity contribution in [3.63, 3.8) is 0 Å². The van der Waals surface area contributed by atoms with E-state index in [1.54, 1.807) is 17.9 Å². The first kappa shape index (κ1) is 17.4. The molecule has 0 radical (unpaired) electrons. The lowest BCUT2D eigenvalue weighted by molar-refractivity contribution is 0.112. The summed E-state index contributed by atoms with van der Waals surface area (Å²) in [6.07, 6.45) is 4.33. The monoisotopic (exact) mass is 378 g/mol. The molecule has 0 unspecified atom stereocenters. The molecule has 0 spiro atoms. The minimum Gasteiger partial charge on any atom is -0.488 e. The summed E-state index contributed by atoms with van der Waals surface area (Å²) in [5.74, 6) is 0.524. The van der Waals surface area contributed by atoms with Crippen LogP contribution in [0.3, 0.4) is 0 Å². The average Bonchev–Trinajstić information content (AvgIpc) is 3.35. The van der Waals surface area contributed by atoms with Gasteiger partial charge in [0.15, 0.2) is 6.29 Å². The summed E-state index contributed by atoms with van der Waals surface area (Å²) in [6, 6.07) is 9.76. The summed E-state index contributed by atoms with van der Waals surface area (Å²) in [4.78, 5) is 20.4. The second kappa shape index (κ2) is 7.28. The fourth-order valence-electron chi connectivity index (χ4n) is 3.03. The van der Waals surface area contributed by atoms with Gasteiger partial charge in [-0.1, -0.05) is 6.07 Å². The van der Waals surface area contributed by atoms with Gasteiger partial charge < -0.3 is 4.74 Å². The Kier molecular flexibility index (Phi) is 4.68. The molecule has 0 fully saturated rings. The van der Waals surface area contributed by atoms with Gasteiger partial charge in [-0.15, -0.1) is 11.3 Å². The smallest absolute Gasteiger partial charge is 0.156 e. The highest BCUT2D eigenvalue weighted by Crippen LogP contribution is 2.30. The average molecular weight is 378 g/mol. The second-order valence-corrected chi connectivity index (χ2v) is 7.24. The standard InChI is InChI=1S/C20H18N4O2S/c1-13(2)24-16(7-9-23-24)19-14(4-3-8-21-19)11-26-17-5-6-18-20(15(17)10-25)22-12-27-18/h3-10,12-13H,11H2,1-2H3. The zero-order valence-electron chi connectivity index (χ0n) is 15.0. The minimum absolute atomic E-state index is 0.222. The van der Waals surface area contributed by atoms with E-state index < -0.39 is 0 Å². The lowest BCUT2D eigenvalue weighted by Crippen LogP contribution is -2.08. The lowest BCUT2D eigenvalue weighted by Gasteiger charge is -2.14. The summed E-state index contributed by atoms with van der Waals surface area (Å²) in [5, 5.41) is 4.39. The summed E-state index contributed by atoms with van der Waals surface area (Å²) >= 11 is 1.50. The first-order valence-electron chi connectivity index (χ1n) is 8.61. The van der Waals surface area contributed by atoms with Crippen LogP contribution in [0.25, 0.3) is 21.6 Å². The van der Waals surface area contributed by atoms with Gasteiger partial charge in [0.2, 0.25) is 0 Å². The van der Waals surface area contributed by atoms with Crippen molar-refractivity contribution in [2.75, 3.05) is 0 Å². The summed E-state index contributed by atoms with van der Waals surface area (Å²) in [6.45, 7) is 4.45. The van der Waals surface area contributed by atoms with Gasteiger partial charge in [0.05, 0.1) is 32.7 Å². The van der Waals surface area contributed by atoms with Crippen LogP contribution in [0, 0.1) is 0 Å². The molecule has 1 aromatic carbocycles. The predicted octanol–water partition coefficient (Wildman–Crippen LogP) is 4.53. The van der Waals surface area contributed by atoms with Crippen LogP contribution in [0.15, 0.2) is 48.2 Å². The van der Waals surface area contributed by atoms with Gasteiger partial charge in [-0.3, -0.25) is 14.5 Å². The van der Waals surface area contributed by atoms with Gasteiger partial charge in [-0.2, -0.15) is 5.10 Å². The van der Waals surface area contributed by atoms with Crippen LogP contribution in [-0.2, 0) is 6.61 Å². The zero-order valence-corrected chi connectivity index (χ0v) is 15.8. The fourth-order valence-corrected chi connectivity index (χ4v) is 3.72. The van der Waals surface area contributed by atoms with Crippen molar-refractivity contribution in [1.82, 2.24) is 19.7 Å². The predicted molar refractivity (Wildman–Crippen MR) is 105 cm³/mol. The largest absolute Gasteiger partial charge is 0.488 e. The summed E-state index contributed by atoms with van der Waals surface area (Å²) < 4.78 is 8.89. The molecule has 0 saturated carbocycles. The van der Waals surface area contributed by atoms with Crippen LogP contribution in [0.5, 0.6) is 5.75 Å². The number of hydrogen-bond donors (Lipinski definition) is 0. The van der Waals surface area contributed by atoms with Gasteiger partial charge in [0, 0.05) is 24.0 Å². The molecule has 4 rings (SSSR count). The summed E-state index contributed by atoms with van der Waals surface area (Å²) in [5.41, 5.74) is 5.58. The lowest BCUT2D eigenvalue weighted by atomic mass is 10.1. The number of aromatic nitrogens is 4. The summed E-state index contributed by atoms with van der Waals surface area (Å²) in [7, 11) is 0. The molecule has 0 N–H and O–H groups in total. The molecule has 136 valence electrons. The highest BCUT2D eigenvalue weighted by atomic mass is 32.1. The molecular formula is C20H18N4O2S. The first-order valence-corrected chi connectivity index (χ1v) is 9.49. The number of hydrogen-bond acceptors (Lipinski definition) is 6. The van der Waals surface area contributed by atoms with Crippen LogP contribution in [-0.4, -0.2) is 26.0 Å². The maximum Gasteiger partial charge on any atom is 0.156 e. The van der Waals surface area contributed by atoms with Gasteiger partial charge in [-0.25, -0.2) is 4.98 Å². The van der Waals surface area contributed by atoms with E-state index in [9.17, 15) is 4.79 Å². The van der Waals surface area contributed by atoms with E-state index in [1.165, 1.54) is 11.3 Å². The van der Waals surface area contributed by atoms with E-state index in [1.807, 2.05) is 35.0 Å². The van der Waals surface area contributed by atoms with E-state index >= 15 is 0 Å². The van der Waals surface area contributed by atoms with Crippen molar-refractivity contribution in [2.24, 2.45) is 0 Å². The number of thiazole rings is 1. The molecule has 4 aromatic rings. The molecule has 0 atom stereocenters. The third-order valence-corrected chi connectivity index (χ3v) is 5.09. The highest BCUT2D eigenvalue weighted by molar-refractivity contribution is 7.16. The van der Waals surface area contributed by atoms with E-state index in [4.69, 9.17) is 4.74 Å². The van der Waals surface area contributed by atoms with Gasteiger partial charge in [0.25, 0.3) is 0 Å². The van der Waals surface area contributed by atoms with Crippen LogP contribution in [0.4, 0.5) is 0 Å². The normalized spacial score (nSPS) is 11.2. The second-order valence-electron chi connectivity index (χ2n) is 6.35. The first-order chi connectivity index (χ1) is 13.2. The fraction of sp³-hybridized carbons (Fsp3) is 0.200. The number of benzene rings is 1. The maximum atomic E-state index is 11.6. The van der Waals surface area contributed by atoms with E-state index in [2.05, 4.69) is 28.9 Å². The number of aldehydes is 1. The van der Waals surface area contributed by atoms with Crippen LogP contribution in [0.1, 0.15) is 35.8 Å². The third kappa shape index (κ3) is 3.21. The molecule has 0 saturated heterocycles. The molecule has 6 nitrogen and oxygen atoms in total. The molecule has 0 amide bonds. The molecule has 0 aliphatic rings. The van der Waals surface area contributed by atoms with Crippen molar-refractivity contribution in [3.05, 3.63) is 59.4 Å². The Morgan fingerprint density at radius 2 is 2.07 bits per heavy atom. The number of rotatable bonds is 6. The Morgan fingerprint density at radius 3 is 2.89 bits per heavy atom. The number of ether oxygens (including phenoxy) is 1. The molecule has 0 bridgehead atoms. The molecule has 7 heteroatoms. The Balaban J connectivity index is 1.67. The molecule has 3 heterocycles. The van der Waals surface area contributed by atoms with Crippen LogP contribution >= 0.6 is 11.3 Å². The Labute approximate surface area is 160 Å². The van der Waals surface area contributed by atoms with Crippen molar-refractivity contribution in [2.45, 2.75) is 26.5 Å². The van der Waals surface area contributed by atoms with E-state index in [0.717, 1.165) is 27.9 Å². The van der Waals surface area contributed by atoms with Crippen molar-refractivity contribution in [3.8, 4) is 17.1 Å². The minimum atomic E-state index is 0.222. The Morgan fingerprint density at radius 1 is 1.19 bits per heavy atom. The SMILES string of the molecule is CC(C)n1nccc1-c1ncccc1COc1ccc2scnc2c1C=O. The molecule has 0 aliphatic carbocycles. The number of carbonyl (C=O) groups is 1. The molecular weight excluding hydrogens is 360 g/mol. The van der Waals surface area contributed by atoms with Crippen molar-refractivity contribution in [1.29, 1.82) is 0 Å². The van der Waals surface area contributed by atoms with Gasteiger partial charge in [-0.05, 0) is 38.1 Å². The number of nitrogens with zero attached hydrogens (tertiary/aromatic N) is 4. The van der Waals surface area contributed by atoms with E-state index in [-0.39, 0.29) is 6.04 Å². The van der Waals surface area contributed by atoms with Crippen LogP contribution < -0.4 is 4.74 Å². The maximum absolute atomic E-state index is 11.6. The van der Waals surface area contributed by atoms with Crippen LogP contribution in [0.2, 0.25) is 0 Å². The number of pyridine rings is 1. The number of carbonyl (C=O) groups excluding carboxylic acids is 1. The Bertz CT molecular complexity index is 1100. The zero-order chi connectivity index (χ0) is 18.8. The quantitative estimate of drug-likeness (QED) is 0.461. The highest BCUT2D eigenvalue weighted by Gasteiger charge is 2.15. The van der Waals surface area contributed by atoms with Gasteiger partial charge in [0.1, 0.15) is 12.4 Å². The van der Waals surface area contributed by atoms with Gasteiger partial charge >= 0.3 is 0 Å². The van der Waals surface area contributed by atoms with Crippen molar-refractivity contribution < 1.29 is 9.53 Å². The number of fused-ring (bicyclic) bond motifs is 1. The van der Waals surface area contributed by atoms with Crippen molar-refractivity contribution >= 4 is 27.8 Å². The molecule has 27 heavy (non-hydrogen) atoms. The molecule has 3 aromatic heterocycles. The third-order valence-electron chi connectivity index (χ3n) is 4.30. The topological polar surface area (TPSA) is 69.9 Å². The molecule has 0 aliphatic heterocycles.